The highest BCUT2D eigenvalue weighted by Crippen LogP contribution is 2.18. The summed E-state index contributed by atoms with van der Waals surface area (Å²) in [7, 11) is 0. The van der Waals surface area contributed by atoms with E-state index in [0.717, 1.165) is 32.5 Å². The third kappa shape index (κ3) is 4.32. The quantitative estimate of drug-likeness (QED) is 0.608. The summed E-state index contributed by atoms with van der Waals surface area (Å²) in [5, 5.41) is 8.40. The Bertz CT molecular complexity index is 304. The van der Waals surface area contributed by atoms with Crippen LogP contribution in [-0.4, -0.2) is 55.1 Å². The lowest BCUT2D eigenvalue weighted by Gasteiger charge is -2.31. The molecule has 2 aliphatic rings. The average molecular weight is 240 g/mol. The number of piperazine rings is 1. The molecule has 1 heterocycles. The molecule has 0 aromatic heterocycles. The minimum atomic E-state index is -0.360. The second kappa shape index (κ2) is 5.46. The van der Waals surface area contributed by atoms with Crippen LogP contribution in [-0.2, 0) is 4.79 Å². The summed E-state index contributed by atoms with van der Waals surface area (Å²) in [5.74, 6) is -0.225. The first-order valence-electron chi connectivity index (χ1n) is 6.19. The van der Waals surface area contributed by atoms with Crippen molar-refractivity contribution in [2.75, 3.05) is 26.2 Å². The third-order valence-corrected chi connectivity index (χ3v) is 2.99. The standard InChI is InChI=1S/C11H20N4O2/c1-8-6-15(5-4-12-8)7-10(16)14-11(17)13-9-2-3-9/h8-9,12H,2-7H2,1H3,(H2,13,14,16,17)/t8-/m0/s1. The molecule has 1 aliphatic heterocycles. The molecule has 0 unspecified atom stereocenters. The maximum atomic E-state index is 11.6. The summed E-state index contributed by atoms with van der Waals surface area (Å²) in [5.41, 5.74) is 0. The molecule has 0 spiro atoms. The number of nitrogens with zero attached hydrogens (tertiary/aromatic N) is 1. The Hall–Kier alpha value is -1.14. The highest BCUT2D eigenvalue weighted by atomic mass is 16.2. The van der Waals surface area contributed by atoms with Crippen LogP contribution >= 0.6 is 0 Å². The van der Waals surface area contributed by atoms with Crippen LogP contribution in [0.1, 0.15) is 19.8 Å². The first-order chi connectivity index (χ1) is 8.13. The van der Waals surface area contributed by atoms with Gasteiger partial charge in [-0.25, -0.2) is 4.79 Å². The summed E-state index contributed by atoms with van der Waals surface area (Å²) in [6.45, 7) is 4.97. The highest BCUT2D eigenvalue weighted by molar-refractivity contribution is 5.95. The van der Waals surface area contributed by atoms with E-state index >= 15 is 0 Å². The lowest BCUT2D eigenvalue weighted by Crippen LogP contribution is -2.53. The number of amides is 3. The number of hydrogen-bond donors (Lipinski definition) is 3. The van der Waals surface area contributed by atoms with Gasteiger partial charge in [-0.1, -0.05) is 0 Å². The molecule has 17 heavy (non-hydrogen) atoms. The summed E-state index contributed by atoms with van der Waals surface area (Å²) in [6.07, 6.45) is 2.05. The van der Waals surface area contributed by atoms with Crippen molar-refractivity contribution in [2.24, 2.45) is 0 Å². The van der Waals surface area contributed by atoms with Gasteiger partial charge in [0.15, 0.2) is 0 Å². The van der Waals surface area contributed by atoms with Gasteiger partial charge in [-0.05, 0) is 19.8 Å². The van der Waals surface area contributed by atoms with E-state index in [2.05, 4.69) is 27.8 Å². The fourth-order valence-electron chi connectivity index (χ4n) is 1.97. The molecule has 0 radical (unpaired) electrons. The number of imide groups is 1. The van der Waals surface area contributed by atoms with E-state index in [0.29, 0.717) is 12.6 Å². The molecule has 1 atom stereocenters. The van der Waals surface area contributed by atoms with Gasteiger partial charge in [-0.3, -0.25) is 15.0 Å². The van der Waals surface area contributed by atoms with Crippen molar-refractivity contribution >= 4 is 11.9 Å². The minimum absolute atomic E-state index is 0.225. The molecule has 6 nitrogen and oxygen atoms in total. The van der Waals surface area contributed by atoms with Crippen molar-refractivity contribution in [3.05, 3.63) is 0 Å². The predicted octanol–water partition coefficient (Wildman–Crippen LogP) is -0.732. The lowest BCUT2D eigenvalue weighted by atomic mass is 10.2. The van der Waals surface area contributed by atoms with Gasteiger partial charge in [0.05, 0.1) is 6.54 Å². The SMILES string of the molecule is C[C@H]1CN(CC(=O)NC(=O)NC2CC2)CCN1. The van der Waals surface area contributed by atoms with Gasteiger partial charge >= 0.3 is 6.03 Å². The first-order valence-corrected chi connectivity index (χ1v) is 6.19. The van der Waals surface area contributed by atoms with Crippen LogP contribution in [0.4, 0.5) is 4.79 Å². The van der Waals surface area contributed by atoms with Crippen molar-refractivity contribution in [3.8, 4) is 0 Å². The molecule has 1 aliphatic carbocycles. The van der Waals surface area contributed by atoms with Gasteiger partial charge in [0.1, 0.15) is 0 Å². The zero-order valence-corrected chi connectivity index (χ0v) is 10.2. The average Bonchev–Trinajstić information content (AvgIpc) is 3.00. The van der Waals surface area contributed by atoms with Gasteiger partial charge in [0.2, 0.25) is 5.91 Å². The van der Waals surface area contributed by atoms with Crippen LogP contribution in [0.15, 0.2) is 0 Å². The van der Waals surface area contributed by atoms with E-state index in [1.165, 1.54) is 0 Å². The van der Waals surface area contributed by atoms with Crippen molar-refractivity contribution in [3.63, 3.8) is 0 Å². The van der Waals surface area contributed by atoms with E-state index in [1.54, 1.807) is 0 Å². The molecule has 3 N–H and O–H groups in total. The highest BCUT2D eigenvalue weighted by Gasteiger charge is 2.24. The fraction of sp³-hybridized carbons (Fsp3) is 0.818. The van der Waals surface area contributed by atoms with E-state index in [9.17, 15) is 9.59 Å². The van der Waals surface area contributed by atoms with Crippen LogP contribution in [0.5, 0.6) is 0 Å². The smallest absolute Gasteiger partial charge is 0.321 e. The second-order valence-electron chi connectivity index (χ2n) is 4.89. The van der Waals surface area contributed by atoms with Gasteiger partial charge in [0, 0.05) is 31.7 Å². The molecule has 2 rings (SSSR count). The number of nitrogens with one attached hydrogen (secondary N) is 3. The number of carbonyl (C=O) groups is 2. The van der Waals surface area contributed by atoms with Gasteiger partial charge in [-0.15, -0.1) is 0 Å². The second-order valence-corrected chi connectivity index (χ2v) is 4.89. The Balaban J connectivity index is 1.66. The molecule has 0 aromatic carbocycles. The molecule has 0 aromatic rings. The van der Waals surface area contributed by atoms with E-state index < -0.39 is 0 Å². The third-order valence-electron chi connectivity index (χ3n) is 2.99. The molecule has 1 saturated carbocycles. The number of carbonyl (C=O) groups excluding carboxylic acids is 2. The van der Waals surface area contributed by atoms with Gasteiger partial charge in [-0.2, -0.15) is 0 Å². The topological polar surface area (TPSA) is 73.5 Å². The summed E-state index contributed by atoms with van der Waals surface area (Å²) >= 11 is 0. The Labute approximate surface area is 101 Å². The van der Waals surface area contributed by atoms with Crippen LogP contribution in [0.2, 0.25) is 0 Å². The summed E-state index contributed by atoms with van der Waals surface area (Å²) in [4.78, 5) is 25.0. The maximum absolute atomic E-state index is 11.6. The van der Waals surface area contributed by atoms with E-state index in [-0.39, 0.29) is 18.0 Å². The molecule has 3 amide bonds. The predicted molar refractivity (Wildman–Crippen MR) is 63.6 cm³/mol. The number of hydrogen-bond acceptors (Lipinski definition) is 4. The molecular formula is C11H20N4O2. The summed E-state index contributed by atoms with van der Waals surface area (Å²) in [6, 6.07) is 0.319. The Morgan fingerprint density at radius 2 is 2.18 bits per heavy atom. The number of rotatable bonds is 3. The molecule has 0 bridgehead atoms. The molecular weight excluding hydrogens is 220 g/mol. The fourth-order valence-corrected chi connectivity index (χ4v) is 1.97. The Morgan fingerprint density at radius 3 is 2.82 bits per heavy atom. The first kappa shape index (κ1) is 12.3. The molecule has 2 fully saturated rings. The van der Waals surface area contributed by atoms with Gasteiger partial charge < -0.3 is 10.6 Å². The monoisotopic (exact) mass is 240 g/mol. The molecule has 1 saturated heterocycles. The Kier molecular flexibility index (Phi) is 3.96. The van der Waals surface area contributed by atoms with Crippen LogP contribution in [0.25, 0.3) is 0 Å². The van der Waals surface area contributed by atoms with Crippen molar-refractivity contribution in [1.82, 2.24) is 20.9 Å². The van der Waals surface area contributed by atoms with Crippen molar-refractivity contribution in [2.45, 2.75) is 31.8 Å². The van der Waals surface area contributed by atoms with Crippen LogP contribution < -0.4 is 16.0 Å². The molecule has 6 heteroatoms. The van der Waals surface area contributed by atoms with Crippen molar-refractivity contribution < 1.29 is 9.59 Å². The normalized spacial score (nSPS) is 25.4. The minimum Gasteiger partial charge on any atom is -0.335 e. The van der Waals surface area contributed by atoms with Crippen molar-refractivity contribution in [1.29, 1.82) is 0 Å². The van der Waals surface area contributed by atoms with Gasteiger partial charge in [0.25, 0.3) is 0 Å². The largest absolute Gasteiger partial charge is 0.335 e. The zero-order valence-electron chi connectivity index (χ0n) is 10.2. The van der Waals surface area contributed by atoms with E-state index in [1.807, 2.05) is 0 Å². The Morgan fingerprint density at radius 1 is 1.41 bits per heavy atom. The number of urea groups is 1. The summed E-state index contributed by atoms with van der Waals surface area (Å²) < 4.78 is 0. The van der Waals surface area contributed by atoms with Crippen LogP contribution in [0, 0.1) is 0 Å². The maximum Gasteiger partial charge on any atom is 0.321 e. The van der Waals surface area contributed by atoms with E-state index in [4.69, 9.17) is 0 Å². The zero-order chi connectivity index (χ0) is 12.3. The molecule has 96 valence electrons. The van der Waals surface area contributed by atoms with Crippen LogP contribution in [0.3, 0.4) is 0 Å². The lowest BCUT2D eigenvalue weighted by molar-refractivity contribution is -0.121.